The van der Waals surface area contributed by atoms with Crippen molar-refractivity contribution in [2.45, 2.75) is 44.8 Å². The maximum Gasteiger partial charge on any atom is 0.318 e. The summed E-state index contributed by atoms with van der Waals surface area (Å²) >= 11 is 0. The van der Waals surface area contributed by atoms with Crippen LogP contribution in [-0.4, -0.2) is 50.0 Å². The Bertz CT molecular complexity index is 689. The van der Waals surface area contributed by atoms with Crippen LogP contribution in [0.5, 0.6) is 0 Å². The van der Waals surface area contributed by atoms with E-state index in [1.165, 1.54) is 17.5 Å². The Morgan fingerprint density at radius 1 is 1.48 bits per heavy atom. The first kappa shape index (κ1) is 17.4. The van der Waals surface area contributed by atoms with Crippen LogP contribution in [0, 0.1) is 0 Å². The summed E-state index contributed by atoms with van der Waals surface area (Å²) in [6, 6.07) is 8.05. The fourth-order valence-corrected chi connectivity index (χ4v) is 3.51. The van der Waals surface area contributed by atoms with Crippen LogP contribution < -0.4 is 5.32 Å². The van der Waals surface area contributed by atoms with Crippen molar-refractivity contribution in [1.29, 1.82) is 0 Å². The van der Waals surface area contributed by atoms with Gasteiger partial charge in [0.2, 0.25) is 0 Å². The number of nitrogens with zero attached hydrogens (tertiary/aromatic N) is 4. The van der Waals surface area contributed by atoms with Crippen molar-refractivity contribution in [3.8, 4) is 0 Å². The van der Waals surface area contributed by atoms with Gasteiger partial charge in [0.05, 0.1) is 19.2 Å². The van der Waals surface area contributed by atoms with Gasteiger partial charge in [-0.2, -0.15) is 5.10 Å². The van der Waals surface area contributed by atoms with Gasteiger partial charge in [0.25, 0.3) is 0 Å². The zero-order valence-electron chi connectivity index (χ0n) is 14.5. The average molecular weight is 343 g/mol. The molecule has 3 rings (SSSR count). The third-order valence-electron chi connectivity index (χ3n) is 4.61. The number of hydrogen-bond donors (Lipinski definition) is 2. The van der Waals surface area contributed by atoms with E-state index in [-0.39, 0.29) is 24.7 Å². The van der Waals surface area contributed by atoms with Gasteiger partial charge in [0.15, 0.2) is 0 Å². The smallest absolute Gasteiger partial charge is 0.318 e. The molecule has 0 saturated heterocycles. The monoisotopic (exact) mass is 343 g/mol. The molecule has 0 radical (unpaired) electrons. The van der Waals surface area contributed by atoms with Crippen LogP contribution in [0.4, 0.5) is 4.79 Å². The van der Waals surface area contributed by atoms with E-state index in [1.807, 2.05) is 19.1 Å². The fourth-order valence-electron chi connectivity index (χ4n) is 3.51. The highest BCUT2D eigenvalue weighted by molar-refractivity contribution is 5.75. The second kappa shape index (κ2) is 8.11. The first-order valence-electron chi connectivity index (χ1n) is 8.77. The van der Waals surface area contributed by atoms with Crippen LogP contribution in [0.2, 0.25) is 0 Å². The molecule has 0 fully saturated rings. The van der Waals surface area contributed by atoms with Crippen molar-refractivity contribution in [1.82, 2.24) is 25.0 Å². The number of fused-ring (bicyclic) bond motifs is 1. The van der Waals surface area contributed by atoms with Gasteiger partial charge in [-0.15, -0.1) is 0 Å². The van der Waals surface area contributed by atoms with E-state index in [0.717, 1.165) is 19.3 Å². The summed E-state index contributed by atoms with van der Waals surface area (Å²) in [5.41, 5.74) is 2.49. The molecule has 0 aliphatic heterocycles. The Morgan fingerprint density at radius 2 is 2.32 bits per heavy atom. The average Bonchev–Trinajstić information content (AvgIpc) is 3.12. The van der Waals surface area contributed by atoms with E-state index in [4.69, 9.17) is 0 Å². The highest BCUT2D eigenvalue weighted by Gasteiger charge is 2.29. The van der Waals surface area contributed by atoms with Crippen LogP contribution in [0.3, 0.4) is 0 Å². The molecule has 1 aliphatic rings. The number of aromatic nitrogens is 3. The SMILES string of the molecule is C[C@@H](Cn1cncn1)NC(=O)N(CCO)[C@@H]1CCCc2ccccc21. The van der Waals surface area contributed by atoms with E-state index < -0.39 is 0 Å². The molecule has 1 aliphatic carbocycles. The summed E-state index contributed by atoms with van der Waals surface area (Å²) in [6.45, 7) is 2.76. The van der Waals surface area contributed by atoms with Crippen LogP contribution in [0.25, 0.3) is 0 Å². The zero-order chi connectivity index (χ0) is 17.6. The first-order valence-corrected chi connectivity index (χ1v) is 8.77. The number of nitrogens with one attached hydrogen (secondary N) is 1. The topological polar surface area (TPSA) is 83.3 Å². The number of benzene rings is 1. The van der Waals surface area contributed by atoms with Crippen molar-refractivity contribution in [2.24, 2.45) is 0 Å². The lowest BCUT2D eigenvalue weighted by atomic mass is 9.87. The van der Waals surface area contributed by atoms with Crippen molar-refractivity contribution < 1.29 is 9.90 Å². The predicted octanol–water partition coefficient (Wildman–Crippen LogP) is 1.75. The van der Waals surface area contributed by atoms with Crippen molar-refractivity contribution in [2.75, 3.05) is 13.2 Å². The minimum Gasteiger partial charge on any atom is -0.395 e. The van der Waals surface area contributed by atoms with E-state index in [1.54, 1.807) is 15.9 Å². The summed E-state index contributed by atoms with van der Waals surface area (Å²) < 4.78 is 1.69. The molecule has 2 N–H and O–H groups in total. The van der Waals surface area contributed by atoms with Gasteiger partial charge in [-0.05, 0) is 37.3 Å². The maximum atomic E-state index is 12.8. The summed E-state index contributed by atoms with van der Waals surface area (Å²) in [7, 11) is 0. The number of aliphatic hydroxyl groups is 1. The number of urea groups is 1. The molecule has 0 unspecified atom stereocenters. The molecule has 25 heavy (non-hydrogen) atoms. The lowest BCUT2D eigenvalue weighted by Gasteiger charge is -2.36. The third kappa shape index (κ3) is 4.17. The van der Waals surface area contributed by atoms with Crippen LogP contribution in [0.1, 0.15) is 36.9 Å². The molecule has 1 aromatic carbocycles. The van der Waals surface area contributed by atoms with Gasteiger partial charge in [-0.1, -0.05) is 24.3 Å². The van der Waals surface area contributed by atoms with E-state index in [9.17, 15) is 9.90 Å². The summed E-state index contributed by atoms with van der Waals surface area (Å²) in [5.74, 6) is 0. The normalized spacial score (nSPS) is 17.6. The number of hydrogen-bond acceptors (Lipinski definition) is 4. The predicted molar refractivity (Wildman–Crippen MR) is 93.9 cm³/mol. The fraction of sp³-hybridized carbons (Fsp3) is 0.500. The van der Waals surface area contributed by atoms with Gasteiger partial charge in [0.1, 0.15) is 12.7 Å². The molecule has 0 bridgehead atoms. The van der Waals surface area contributed by atoms with E-state index >= 15 is 0 Å². The largest absolute Gasteiger partial charge is 0.395 e. The second-order valence-corrected chi connectivity index (χ2v) is 6.49. The van der Waals surface area contributed by atoms with Gasteiger partial charge < -0.3 is 15.3 Å². The number of amides is 2. The lowest BCUT2D eigenvalue weighted by Crippen LogP contribution is -2.48. The lowest BCUT2D eigenvalue weighted by molar-refractivity contribution is 0.141. The van der Waals surface area contributed by atoms with Gasteiger partial charge in [-0.3, -0.25) is 4.68 Å². The molecule has 2 atom stereocenters. The third-order valence-corrected chi connectivity index (χ3v) is 4.61. The number of carbonyl (C=O) groups is 1. The Balaban J connectivity index is 1.71. The molecule has 0 spiro atoms. The molecule has 134 valence electrons. The number of aliphatic hydroxyl groups excluding tert-OH is 1. The first-order chi connectivity index (χ1) is 12.2. The Hall–Kier alpha value is -2.41. The summed E-state index contributed by atoms with van der Waals surface area (Å²) in [6.07, 6.45) is 6.12. The van der Waals surface area contributed by atoms with E-state index in [2.05, 4.69) is 27.5 Å². The molecular weight excluding hydrogens is 318 g/mol. The Morgan fingerprint density at radius 3 is 3.08 bits per heavy atom. The van der Waals surface area contributed by atoms with Gasteiger partial charge >= 0.3 is 6.03 Å². The zero-order valence-corrected chi connectivity index (χ0v) is 14.5. The molecule has 1 aromatic heterocycles. The highest BCUT2D eigenvalue weighted by Crippen LogP contribution is 2.34. The van der Waals surface area contributed by atoms with Crippen LogP contribution in [-0.2, 0) is 13.0 Å². The maximum absolute atomic E-state index is 12.8. The summed E-state index contributed by atoms with van der Waals surface area (Å²) in [4.78, 5) is 18.5. The molecule has 7 nitrogen and oxygen atoms in total. The van der Waals surface area contributed by atoms with Gasteiger partial charge in [-0.25, -0.2) is 9.78 Å². The second-order valence-electron chi connectivity index (χ2n) is 6.49. The molecular formula is C18H25N5O2. The Labute approximate surface area is 147 Å². The molecule has 2 amide bonds. The van der Waals surface area contributed by atoms with Crippen LogP contribution >= 0.6 is 0 Å². The molecule has 7 heteroatoms. The van der Waals surface area contributed by atoms with Crippen molar-refractivity contribution >= 4 is 6.03 Å². The number of carbonyl (C=O) groups excluding carboxylic acids is 1. The molecule has 2 aromatic rings. The minimum absolute atomic E-state index is 0.00988. The highest BCUT2D eigenvalue weighted by atomic mass is 16.3. The number of rotatable bonds is 6. The summed E-state index contributed by atoms with van der Waals surface area (Å²) in [5, 5.41) is 16.5. The van der Waals surface area contributed by atoms with E-state index in [0.29, 0.717) is 13.1 Å². The van der Waals surface area contributed by atoms with Crippen molar-refractivity contribution in [3.63, 3.8) is 0 Å². The number of aryl methyl sites for hydroxylation is 1. The Kier molecular flexibility index (Phi) is 5.65. The quantitative estimate of drug-likeness (QED) is 0.837. The standard InChI is InChI=1S/C18H25N5O2/c1-14(11-22-13-19-12-20-22)21-18(25)23(9-10-24)17-8-4-6-15-5-2-3-7-16(15)17/h2-3,5,7,12-14,17,24H,4,6,8-11H2,1H3,(H,21,25)/t14-,17+/m0/s1. The van der Waals surface area contributed by atoms with Gasteiger partial charge in [0, 0.05) is 12.6 Å². The molecule has 1 heterocycles. The van der Waals surface area contributed by atoms with Crippen molar-refractivity contribution in [3.05, 3.63) is 48.0 Å². The minimum atomic E-state index is -0.150. The molecule has 0 saturated carbocycles. The van der Waals surface area contributed by atoms with Crippen LogP contribution in [0.15, 0.2) is 36.9 Å².